The van der Waals surface area contributed by atoms with E-state index in [4.69, 9.17) is 0 Å². The first-order chi connectivity index (χ1) is 9.24. The molecule has 1 unspecified atom stereocenters. The van der Waals surface area contributed by atoms with E-state index < -0.39 is 0 Å². The van der Waals surface area contributed by atoms with Gasteiger partial charge in [-0.05, 0) is 19.3 Å². The number of hydrogen-bond acceptors (Lipinski definition) is 5. The van der Waals surface area contributed by atoms with Crippen LogP contribution in [0.15, 0.2) is 6.07 Å². The molecule has 1 aromatic rings. The van der Waals surface area contributed by atoms with Crippen LogP contribution in [-0.4, -0.2) is 35.5 Å². The molecule has 3 rings (SSSR count). The minimum absolute atomic E-state index is 0.143. The fourth-order valence-electron chi connectivity index (χ4n) is 2.27. The second kappa shape index (κ2) is 5.03. The van der Waals surface area contributed by atoms with Crippen molar-refractivity contribution in [3.8, 4) is 0 Å². The molecule has 6 nitrogen and oxygen atoms in total. The van der Waals surface area contributed by atoms with Crippen molar-refractivity contribution in [2.45, 2.75) is 37.6 Å². The number of anilines is 2. The van der Waals surface area contributed by atoms with Crippen LogP contribution in [0.5, 0.6) is 0 Å². The third kappa shape index (κ3) is 2.94. The van der Waals surface area contributed by atoms with Gasteiger partial charge >= 0.3 is 0 Å². The molecule has 1 atom stereocenters. The molecule has 2 fully saturated rings. The highest BCUT2D eigenvalue weighted by atomic mass is 16.1. The van der Waals surface area contributed by atoms with Gasteiger partial charge in [0, 0.05) is 38.0 Å². The third-order valence-electron chi connectivity index (χ3n) is 3.56. The van der Waals surface area contributed by atoms with E-state index in [1.807, 2.05) is 13.1 Å². The van der Waals surface area contributed by atoms with Gasteiger partial charge in [0.25, 0.3) is 0 Å². The van der Waals surface area contributed by atoms with E-state index in [9.17, 15) is 4.79 Å². The predicted molar refractivity (Wildman–Crippen MR) is 73.2 cm³/mol. The monoisotopic (exact) mass is 261 g/mol. The van der Waals surface area contributed by atoms with Gasteiger partial charge in [-0.3, -0.25) is 4.79 Å². The molecule has 1 aliphatic heterocycles. The average Bonchev–Trinajstić information content (AvgIpc) is 3.19. The molecule has 1 amide bonds. The molecule has 6 heteroatoms. The van der Waals surface area contributed by atoms with Gasteiger partial charge < -0.3 is 16.0 Å². The Hall–Kier alpha value is -1.85. The van der Waals surface area contributed by atoms with Gasteiger partial charge in [-0.25, -0.2) is 9.97 Å². The quantitative estimate of drug-likeness (QED) is 0.739. The summed E-state index contributed by atoms with van der Waals surface area (Å²) in [4.78, 5) is 20.2. The van der Waals surface area contributed by atoms with Crippen LogP contribution in [0, 0.1) is 0 Å². The molecular weight excluding hydrogens is 242 g/mol. The maximum absolute atomic E-state index is 11.1. The van der Waals surface area contributed by atoms with Crippen LogP contribution in [-0.2, 0) is 4.79 Å². The van der Waals surface area contributed by atoms with Gasteiger partial charge in [-0.1, -0.05) is 0 Å². The Morgan fingerprint density at radius 3 is 2.74 bits per heavy atom. The highest BCUT2D eigenvalue weighted by Crippen LogP contribution is 2.38. The molecule has 0 bridgehead atoms. The Labute approximate surface area is 112 Å². The van der Waals surface area contributed by atoms with E-state index in [0.717, 1.165) is 30.4 Å². The molecule has 0 spiro atoms. The van der Waals surface area contributed by atoms with Crippen LogP contribution in [0.3, 0.4) is 0 Å². The maximum Gasteiger partial charge on any atom is 0.220 e. The smallest absolute Gasteiger partial charge is 0.220 e. The summed E-state index contributed by atoms with van der Waals surface area (Å²) in [5.41, 5.74) is 0. The van der Waals surface area contributed by atoms with Crippen molar-refractivity contribution in [1.82, 2.24) is 15.3 Å². The second-order valence-corrected chi connectivity index (χ2v) is 5.20. The summed E-state index contributed by atoms with van der Waals surface area (Å²) in [5.74, 6) is 3.27. The lowest BCUT2D eigenvalue weighted by Crippen LogP contribution is -2.32. The molecule has 0 radical (unpaired) electrons. The molecule has 2 heterocycles. The number of carbonyl (C=O) groups is 1. The van der Waals surface area contributed by atoms with E-state index in [2.05, 4.69) is 25.9 Å². The van der Waals surface area contributed by atoms with E-state index in [0.29, 0.717) is 12.3 Å². The van der Waals surface area contributed by atoms with Crippen LogP contribution in [0.4, 0.5) is 11.6 Å². The van der Waals surface area contributed by atoms with E-state index in [1.165, 1.54) is 12.8 Å². The van der Waals surface area contributed by atoms with Crippen molar-refractivity contribution in [3.63, 3.8) is 0 Å². The Morgan fingerprint density at radius 1 is 1.32 bits per heavy atom. The largest absolute Gasteiger partial charge is 0.373 e. The van der Waals surface area contributed by atoms with Crippen LogP contribution in [0.2, 0.25) is 0 Å². The molecule has 1 saturated carbocycles. The van der Waals surface area contributed by atoms with Crippen LogP contribution in [0.1, 0.15) is 37.4 Å². The zero-order valence-electron chi connectivity index (χ0n) is 11.1. The number of nitrogens with zero attached hydrogens (tertiary/aromatic N) is 2. The minimum atomic E-state index is 0.143. The number of aromatic nitrogens is 2. The third-order valence-corrected chi connectivity index (χ3v) is 3.56. The van der Waals surface area contributed by atoms with Crippen LogP contribution in [0.25, 0.3) is 0 Å². The summed E-state index contributed by atoms with van der Waals surface area (Å²) >= 11 is 0. The van der Waals surface area contributed by atoms with Gasteiger partial charge in [0.1, 0.15) is 17.5 Å². The van der Waals surface area contributed by atoms with E-state index in [1.54, 1.807) is 0 Å². The molecule has 2 aliphatic rings. The van der Waals surface area contributed by atoms with Gasteiger partial charge in [0.05, 0.1) is 0 Å². The lowest BCUT2D eigenvalue weighted by molar-refractivity contribution is -0.119. The summed E-state index contributed by atoms with van der Waals surface area (Å²) in [5, 5.41) is 9.31. The zero-order chi connectivity index (χ0) is 13.2. The van der Waals surface area contributed by atoms with Crippen molar-refractivity contribution in [3.05, 3.63) is 11.9 Å². The second-order valence-electron chi connectivity index (χ2n) is 5.20. The van der Waals surface area contributed by atoms with Crippen LogP contribution < -0.4 is 16.0 Å². The van der Waals surface area contributed by atoms with Gasteiger partial charge in [-0.15, -0.1) is 0 Å². The number of rotatable bonds is 5. The molecular formula is C13H19N5O. The maximum atomic E-state index is 11.1. The van der Waals surface area contributed by atoms with Crippen molar-refractivity contribution in [2.24, 2.45) is 0 Å². The van der Waals surface area contributed by atoms with Crippen molar-refractivity contribution < 1.29 is 4.79 Å². The van der Waals surface area contributed by atoms with Gasteiger partial charge in [0.2, 0.25) is 5.91 Å². The highest BCUT2D eigenvalue weighted by Gasteiger charge is 2.27. The van der Waals surface area contributed by atoms with E-state index >= 15 is 0 Å². The fraction of sp³-hybridized carbons (Fsp3) is 0.615. The molecule has 102 valence electrons. The number of hydrogen-bond donors (Lipinski definition) is 3. The summed E-state index contributed by atoms with van der Waals surface area (Å²) in [7, 11) is 1.86. The molecule has 1 aromatic heterocycles. The SMILES string of the molecule is CNc1cc(NCC2CCC(=O)N2)nc(C2CC2)n1. The number of nitrogens with one attached hydrogen (secondary N) is 3. The molecule has 1 aliphatic carbocycles. The summed E-state index contributed by atoms with van der Waals surface area (Å²) < 4.78 is 0. The predicted octanol–water partition coefficient (Wildman–Crippen LogP) is 1.09. The first-order valence-corrected chi connectivity index (χ1v) is 6.84. The lowest BCUT2D eigenvalue weighted by Gasteiger charge is -2.13. The van der Waals surface area contributed by atoms with Crippen molar-refractivity contribution >= 4 is 17.5 Å². The Bertz CT molecular complexity index is 486. The molecule has 3 N–H and O–H groups in total. The molecule has 1 saturated heterocycles. The van der Waals surface area contributed by atoms with Crippen molar-refractivity contribution in [2.75, 3.05) is 24.2 Å². The van der Waals surface area contributed by atoms with Gasteiger partial charge in [-0.2, -0.15) is 0 Å². The molecule has 19 heavy (non-hydrogen) atoms. The summed E-state index contributed by atoms with van der Waals surface area (Å²) in [6, 6.07) is 2.12. The standard InChI is InChI=1S/C13H19N5O/c1-14-10-6-11(18-13(17-10)8-2-3-8)15-7-9-4-5-12(19)16-9/h6,8-9H,2-5,7H2,1H3,(H,16,19)(H2,14,15,17,18). The Kier molecular flexibility index (Phi) is 3.23. The number of amides is 1. The van der Waals surface area contributed by atoms with Crippen LogP contribution >= 0.6 is 0 Å². The average molecular weight is 261 g/mol. The first-order valence-electron chi connectivity index (χ1n) is 6.84. The zero-order valence-corrected chi connectivity index (χ0v) is 11.1. The highest BCUT2D eigenvalue weighted by molar-refractivity contribution is 5.78. The Morgan fingerprint density at radius 2 is 2.11 bits per heavy atom. The summed E-state index contributed by atoms with van der Waals surface area (Å²) in [6.07, 6.45) is 3.90. The summed E-state index contributed by atoms with van der Waals surface area (Å²) in [6.45, 7) is 0.718. The number of carbonyl (C=O) groups excluding carboxylic acids is 1. The normalized spacial score (nSPS) is 22.2. The Balaban J connectivity index is 1.65. The minimum Gasteiger partial charge on any atom is -0.373 e. The van der Waals surface area contributed by atoms with E-state index in [-0.39, 0.29) is 11.9 Å². The first kappa shape index (κ1) is 12.2. The lowest BCUT2D eigenvalue weighted by atomic mass is 10.2. The van der Waals surface area contributed by atoms with Gasteiger partial charge in [0.15, 0.2) is 0 Å². The topological polar surface area (TPSA) is 78.9 Å². The molecule has 0 aromatic carbocycles. The van der Waals surface area contributed by atoms with Crippen molar-refractivity contribution in [1.29, 1.82) is 0 Å². The fourth-order valence-corrected chi connectivity index (χ4v) is 2.27.